The number of likely N-dealkylation sites (tertiary alicyclic amines) is 1. The number of pyridine rings is 1. The Kier molecular flexibility index (Phi) is 6.83. The number of nitrogens with zero attached hydrogens (tertiary/aromatic N) is 4. The number of amides is 1. The van der Waals surface area contributed by atoms with Crippen molar-refractivity contribution < 1.29 is 31.8 Å². The first-order chi connectivity index (χ1) is 16.6. The van der Waals surface area contributed by atoms with E-state index in [4.69, 9.17) is 4.74 Å². The number of piperidine rings is 1. The van der Waals surface area contributed by atoms with Gasteiger partial charge in [0.15, 0.2) is 29.8 Å². The predicted molar refractivity (Wildman–Crippen MR) is 116 cm³/mol. The molecular weight excluding hydrogens is 470 g/mol. The van der Waals surface area contributed by atoms with Gasteiger partial charge in [0.05, 0.1) is 24.4 Å². The quantitative estimate of drug-likeness (QED) is 0.322. The zero-order valence-electron chi connectivity index (χ0n) is 18.5. The van der Waals surface area contributed by atoms with Gasteiger partial charge in [-0.25, -0.2) is 27.5 Å². The van der Waals surface area contributed by atoms with E-state index in [1.54, 1.807) is 11.8 Å². The van der Waals surface area contributed by atoms with Crippen LogP contribution in [0.25, 0.3) is 0 Å². The van der Waals surface area contributed by atoms with Crippen molar-refractivity contribution in [3.05, 3.63) is 77.5 Å². The number of halogens is 4. The SMILES string of the molecule is CC(C(=O)Nc1cnc(Oc2c(F)cccc2F)cn1)N1CCC(F)(F)[C@@H](c2cc[n+]([O-])cc2)C1. The van der Waals surface area contributed by atoms with Crippen molar-refractivity contribution in [1.82, 2.24) is 14.9 Å². The Morgan fingerprint density at radius 3 is 2.51 bits per heavy atom. The number of benzene rings is 1. The van der Waals surface area contributed by atoms with E-state index >= 15 is 0 Å². The van der Waals surface area contributed by atoms with E-state index < -0.39 is 47.6 Å². The van der Waals surface area contributed by atoms with Gasteiger partial charge in [0, 0.05) is 31.6 Å². The first kappa shape index (κ1) is 24.3. The molecule has 1 aromatic carbocycles. The van der Waals surface area contributed by atoms with Crippen LogP contribution in [0, 0.1) is 16.8 Å². The Balaban J connectivity index is 1.40. The molecule has 8 nitrogen and oxygen atoms in total. The Labute approximate surface area is 197 Å². The van der Waals surface area contributed by atoms with Crippen LogP contribution in [0.4, 0.5) is 23.4 Å². The first-order valence-electron chi connectivity index (χ1n) is 10.7. The van der Waals surface area contributed by atoms with Crippen LogP contribution in [-0.2, 0) is 4.79 Å². The molecule has 0 aliphatic carbocycles. The third kappa shape index (κ3) is 5.48. The molecule has 0 saturated carbocycles. The zero-order valence-corrected chi connectivity index (χ0v) is 18.5. The summed E-state index contributed by atoms with van der Waals surface area (Å²) in [6, 6.07) is 5.18. The third-order valence-electron chi connectivity index (χ3n) is 5.82. The average molecular weight is 491 g/mol. The maximum absolute atomic E-state index is 14.6. The van der Waals surface area contributed by atoms with Crippen molar-refractivity contribution in [2.24, 2.45) is 0 Å². The molecule has 1 fully saturated rings. The molecule has 12 heteroatoms. The molecule has 3 aromatic rings. The summed E-state index contributed by atoms with van der Waals surface area (Å²) in [5, 5.41) is 13.8. The summed E-state index contributed by atoms with van der Waals surface area (Å²) < 4.78 is 62.2. The fourth-order valence-corrected chi connectivity index (χ4v) is 3.80. The van der Waals surface area contributed by atoms with Crippen molar-refractivity contribution >= 4 is 11.7 Å². The van der Waals surface area contributed by atoms with Crippen LogP contribution in [0.5, 0.6) is 11.6 Å². The highest BCUT2D eigenvalue weighted by Gasteiger charge is 2.46. The van der Waals surface area contributed by atoms with Crippen LogP contribution < -0.4 is 14.8 Å². The van der Waals surface area contributed by atoms with Crippen molar-refractivity contribution in [2.75, 3.05) is 18.4 Å². The Hall–Kier alpha value is -3.80. The third-order valence-corrected chi connectivity index (χ3v) is 5.82. The first-order valence-corrected chi connectivity index (χ1v) is 10.7. The number of carbonyl (C=O) groups excluding carboxylic acids is 1. The molecule has 1 aliphatic rings. The van der Waals surface area contributed by atoms with E-state index in [1.165, 1.54) is 18.2 Å². The number of nitrogens with one attached hydrogen (secondary N) is 1. The highest BCUT2D eigenvalue weighted by Crippen LogP contribution is 2.40. The molecule has 3 heterocycles. The minimum Gasteiger partial charge on any atom is -0.619 e. The second-order valence-electron chi connectivity index (χ2n) is 8.11. The van der Waals surface area contributed by atoms with Crippen LogP contribution in [-0.4, -0.2) is 45.8 Å². The van der Waals surface area contributed by atoms with E-state index in [0.717, 1.165) is 36.9 Å². The second-order valence-corrected chi connectivity index (χ2v) is 8.11. The average Bonchev–Trinajstić information content (AvgIpc) is 2.83. The molecule has 2 aromatic heterocycles. The summed E-state index contributed by atoms with van der Waals surface area (Å²) in [5.41, 5.74) is 0.312. The van der Waals surface area contributed by atoms with E-state index in [1.807, 2.05) is 0 Å². The van der Waals surface area contributed by atoms with E-state index in [2.05, 4.69) is 15.3 Å². The molecular formula is C23H21F4N5O3. The highest BCUT2D eigenvalue weighted by molar-refractivity contribution is 5.93. The predicted octanol–water partition coefficient (Wildman–Crippen LogP) is 3.63. The Morgan fingerprint density at radius 1 is 1.20 bits per heavy atom. The van der Waals surface area contributed by atoms with Crippen LogP contribution in [0.1, 0.15) is 24.8 Å². The molecule has 1 aliphatic heterocycles. The molecule has 0 radical (unpaired) electrons. The lowest BCUT2D eigenvalue weighted by atomic mass is 9.87. The molecule has 2 atom stereocenters. The van der Waals surface area contributed by atoms with Gasteiger partial charge in [-0.1, -0.05) is 6.07 Å². The molecule has 1 saturated heterocycles. The number of rotatable bonds is 6. The van der Waals surface area contributed by atoms with Crippen molar-refractivity contribution in [1.29, 1.82) is 0 Å². The molecule has 35 heavy (non-hydrogen) atoms. The molecule has 184 valence electrons. The lowest BCUT2D eigenvalue weighted by Gasteiger charge is -2.40. The Morgan fingerprint density at radius 2 is 1.89 bits per heavy atom. The van der Waals surface area contributed by atoms with E-state index in [9.17, 15) is 27.6 Å². The maximum atomic E-state index is 14.6. The topological polar surface area (TPSA) is 94.3 Å². The van der Waals surface area contributed by atoms with Gasteiger partial charge in [-0.05, 0) is 24.6 Å². The van der Waals surface area contributed by atoms with E-state index in [-0.39, 0.29) is 24.8 Å². The lowest BCUT2D eigenvalue weighted by molar-refractivity contribution is -0.605. The second kappa shape index (κ2) is 9.82. The summed E-state index contributed by atoms with van der Waals surface area (Å²) in [7, 11) is 0. The summed E-state index contributed by atoms with van der Waals surface area (Å²) in [4.78, 5) is 22.2. The minimum absolute atomic E-state index is 0.000857. The van der Waals surface area contributed by atoms with Gasteiger partial charge in [0.2, 0.25) is 17.5 Å². The fourth-order valence-electron chi connectivity index (χ4n) is 3.80. The van der Waals surface area contributed by atoms with E-state index in [0.29, 0.717) is 10.3 Å². The van der Waals surface area contributed by atoms with Crippen molar-refractivity contribution in [2.45, 2.75) is 31.2 Å². The maximum Gasteiger partial charge on any atom is 0.257 e. The highest BCUT2D eigenvalue weighted by atomic mass is 19.3. The van der Waals surface area contributed by atoms with Gasteiger partial charge in [0.25, 0.3) is 5.92 Å². The van der Waals surface area contributed by atoms with Gasteiger partial charge in [-0.15, -0.1) is 0 Å². The summed E-state index contributed by atoms with van der Waals surface area (Å²) >= 11 is 0. The summed E-state index contributed by atoms with van der Waals surface area (Å²) in [5.74, 6) is -7.26. The van der Waals surface area contributed by atoms with Crippen LogP contribution in [0.3, 0.4) is 0 Å². The largest absolute Gasteiger partial charge is 0.619 e. The summed E-state index contributed by atoms with van der Waals surface area (Å²) in [6.07, 6.45) is 4.11. The van der Waals surface area contributed by atoms with Gasteiger partial charge in [-0.3, -0.25) is 9.69 Å². The lowest BCUT2D eigenvalue weighted by Crippen LogP contribution is -2.52. The number of aromatic nitrogens is 3. The number of carbonyl (C=O) groups is 1. The number of alkyl halides is 2. The van der Waals surface area contributed by atoms with Gasteiger partial charge >= 0.3 is 0 Å². The number of ether oxygens (including phenoxy) is 1. The van der Waals surface area contributed by atoms with Gasteiger partial charge in [-0.2, -0.15) is 4.73 Å². The molecule has 4 rings (SSSR count). The Bertz CT molecular complexity index is 1170. The van der Waals surface area contributed by atoms with Crippen molar-refractivity contribution in [3.8, 4) is 11.6 Å². The molecule has 0 spiro atoms. The monoisotopic (exact) mass is 491 g/mol. The zero-order chi connectivity index (χ0) is 25.2. The van der Waals surface area contributed by atoms with Gasteiger partial charge < -0.3 is 15.3 Å². The van der Waals surface area contributed by atoms with Crippen LogP contribution in [0.15, 0.2) is 55.1 Å². The molecule has 1 N–H and O–H groups in total. The fraction of sp³-hybridized carbons (Fsp3) is 0.304. The summed E-state index contributed by atoms with van der Waals surface area (Å²) in [6.45, 7) is 1.49. The van der Waals surface area contributed by atoms with Crippen molar-refractivity contribution in [3.63, 3.8) is 0 Å². The normalized spacial score (nSPS) is 18.6. The number of anilines is 1. The van der Waals surface area contributed by atoms with Crippen LogP contribution in [0.2, 0.25) is 0 Å². The van der Waals surface area contributed by atoms with Crippen LogP contribution >= 0.6 is 0 Å². The standard InChI is InChI=1S/C23H21F4N5O3/c1-14(31-10-7-23(26,27)16(13-31)15-5-8-32(34)9-6-15)22(33)30-19-11-29-20(12-28-19)35-21-17(24)3-2-4-18(21)25/h2-6,8-9,11-12,14,16H,7,10,13H2,1H3,(H,28,30,33)/t14?,16-/m1/s1. The smallest absolute Gasteiger partial charge is 0.257 e. The minimum atomic E-state index is -2.99. The number of hydrogen-bond donors (Lipinski definition) is 1. The molecule has 0 bridgehead atoms. The number of hydrogen-bond acceptors (Lipinski definition) is 6. The molecule has 1 amide bonds. The number of para-hydroxylation sites is 1. The molecule has 1 unspecified atom stereocenters. The van der Waals surface area contributed by atoms with Gasteiger partial charge in [0.1, 0.15) is 0 Å².